The quantitative estimate of drug-likeness (QED) is 0.834. The van der Waals surface area contributed by atoms with Crippen LogP contribution in [-0.2, 0) is 11.3 Å². The number of fused-ring (bicyclic) bond motifs is 1. The Morgan fingerprint density at radius 1 is 1.05 bits per heavy atom. The van der Waals surface area contributed by atoms with Crippen LogP contribution in [0.15, 0.2) is 60.8 Å². The van der Waals surface area contributed by atoms with Gasteiger partial charge in [-0.3, -0.25) is 0 Å². The maximum atomic E-state index is 11.9. The summed E-state index contributed by atoms with van der Waals surface area (Å²) >= 11 is 0. The van der Waals surface area contributed by atoms with Gasteiger partial charge in [-0.15, -0.1) is 5.06 Å². The second kappa shape index (κ2) is 5.48. The highest BCUT2D eigenvalue weighted by Crippen LogP contribution is 2.25. The van der Waals surface area contributed by atoms with E-state index < -0.39 is 6.09 Å². The van der Waals surface area contributed by atoms with Crippen LogP contribution in [0, 0.1) is 0 Å². The molecule has 1 aliphatic rings. The van der Waals surface area contributed by atoms with Gasteiger partial charge in [-0.1, -0.05) is 48.5 Å². The predicted octanol–water partition coefficient (Wildman–Crippen LogP) is 3.60. The number of carbonyl (C=O) groups excluding carboxylic acids is 1. The fraction of sp³-hybridized carbons (Fsp3) is 0.0625. The highest BCUT2D eigenvalue weighted by atomic mass is 16.7. The molecular weight excluding hydrogens is 254 g/mol. The van der Waals surface area contributed by atoms with Crippen molar-refractivity contribution in [1.29, 1.82) is 0 Å². The molecule has 1 aliphatic heterocycles. The first kappa shape index (κ1) is 12.3. The van der Waals surface area contributed by atoms with E-state index >= 15 is 0 Å². The van der Waals surface area contributed by atoms with Gasteiger partial charge in [0.25, 0.3) is 0 Å². The van der Waals surface area contributed by atoms with Crippen molar-refractivity contribution in [3.63, 3.8) is 0 Å². The van der Waals surface area contributed by atoms with Crippen LogP contribution < -0.4 is 4.84 Å². The summed E-state index contributed by atoms with van der Waals surface area (Å²) in [4.78, 5) is 17.4. The Hall–Kier alpha value is -2.75. The van der Waals surface area contributed by atoms with E-state index in [9.17, 15) is 4.79 Å². The molecule has 4 heteroatoms. The molecule has 4 nitrogen and oxygen atoms in total. The van der Waals surface area contributed by atoms with E-state index in [0.29, 0.717) is 5.75 Å². The normalized spacial score (nSPS) is 12.5. The minimum Gasteiger partial charge on any atom is -0.442 e. The van der Waals surface area contributed by atoms with Crippen molar-refractivity contribution in [1.82, 2.24) is 5.06 Å². The minimum atomic E-state index is -0.542. The van der Waals surface area contributed by atoms with Crippen LogP contribution in [0.4, 0.5) is 4.79 Å². The summed E-state index contributed by atoms with van der Waals surface area (Å²) in [6.07, 6.45) is 2.82. The van der Waals surface area contributed by atoms with E-state index in [0.717, 1.165) is 16.2 Å². The molecule has 0 saturated carbocycles. The largest absolute Gasteiger partial charge is 0.447 e. The molecule has 0 aliphatic carbocycles. The van der Waals surface area contributed by atoms with Crippen molar-refractivity contribution in [3.8, 4) is 5.75 Å². The Morgan fingerprint density at radius 2 is 1.80 bits per heavy atom. The third-order valence-corrected chi connectivity index (χ3v) is 2.89. The SMILES string of the molecule is O=C(OCc1ccccc1)N1C=Cc2ccccc2O1. The van der Waals surface area contributed by atoms with Crippen LogP contribution in [0.1, 0.15) is 11.1 Å². The molecule has 1 heterocycles. The molecule has 0 fully saturated rings. The third-order valence-electron chi connectivity index (χ3n) is 2.89. The zero-order valence-corrected chi connectivity index (χ0v) is 10.7. The van der Waals surface area contributed by atoms with Crippen molar-refractivity contribution < 1.29 is 14.4 Å². The number of amides is 1. The number of benzene rings is 2. The highest BCUT2D eigenvalue weighted by molar-refractivity contribution is 5.71. The van der Waals surface area contributed by atoms with Crippen LogP contribution in [0.2, 0.25) is 0 Å². The summed E-state index contributed by atoms with van der Waals surface area (Å²) in [6, 6.07) is 17.0. The van der Waals surface area contributed by atoms with Crippen molar-refractivity contribution >= 4 is 12.2 Å². The fourth-order valence-electron chi connectivity index (χ4n) is 1.87. The van der Waals surface area contributed by atoms with Gasteiger partial charge in [0.15, 0.2) is 5.75 Å². The molecule has 0 bridgehead atoms. The standard InChI is InChI=1S/C16H13NO3/c18-16(19-12-13-6-2-1-3-7-13)17-11-10-14-8-4-5-9-15(14)20-17/h1-11H,12H2. The Balaban J connectivity index is 1.62. The van der Waals surface area contributed by atoms with E-state index in [4.69, 9.17) is 9.57 Å². The fourth-order valence-corrected chi connectivity index (χ4v) is 1.87. The molecule has 20 heavy (non-hydrogen) atoms. The molecule has 0 spiro atoms. The first-order valence-electron chi connectivity index (χ1n) is 6.28. The van der Waals surface area contributed by atoms with Gasteiger partial charge in [0.05, 0.1) is 6.20 Å². The van der Waals surface area contributed by atoms with Crippen molar-refractivity contribution in [2.45, 2.75) is 6.61 Å². The Morgan fingerprint density at radius 3 is 2.65 bits per heavy atom. The maximum absolute atomic E-state index is 11.9. The monoisotopic (exact) mass is 267 g/mol. The topological polar surface area (TPSA) is 38.8 Å². The van der Waals surface area contributed by atoms with Crippen LogP contribution in [-0.4, -0.2) is 11.2 Å². The van der Waals surface area contributed by atoms with Crippen LogP contribution in [0.3, 0.4) is 0 Å². The van der Waals surface area contributed by atoms with E-state index in [2.05, 4.69) is 0 Å². The Kier molecular flexibility index (Phi) is 3.37. The predicted molar refractivity (Wildman–Crippen MR) is 74.6 cm³/mol. The van der Waals surface area contributed by atoms with Crippen LogP contribution in [0.25, 0.3) is 6.08 Å². The number of ether oxygens (including phenoxy) is 1. The molecule has 0 N–H and O–H groups in total. The summed E-state index contributed by atoms with van der Waals surface area (Å²) < 4.78 is 5.19. The number of carbonyl (C=O) groups is 1. The van der Waals surface area contributed by atoms with E-state index in [1.54, 1.807) is 12.3 Å². The molecule has 0 saturated heterocycles. The number of hydroxylamine groups is 2. The Labute approximate surface area is 116 Å². The Bertz CT molecular complexity index is 637. The lowest BCUT2D eigenvalue weighted by Crippen LogP contribution is -2.31. The van der Waals surface area contributed by atoms with Crippen molar-refractivity contribution in [2.24, 2.45) is 0 Å². The molecule has 2 aromatic carbocycles. The average molecular weight is 267 g/mol. The van der Waals surface area contributed by atoms with E-state index in [1.807, 2.05) is 54.6 Å². The van der Waals surface area contributed by atoms with Gasteiger partial charge in [-0.2, -0.15) is 0 Å². The van der Waals surface area contributed by atoms with Crippen molar-refractivity contribution in [3.05, 3.63) is 71.9 Å². The van der Waals surface area contributed by atoms with Gasteiger partial charge in [-0.05, 0) is 17.7 Å². The van der Waals surface area contributed by atoms with Crippen LogP contribution in [0.5, 0.6) is 5.75 Å². The van der Waals surface area contributed by atoms with Gasteiger partial charge < -0.3 is 9.57 Å². The van der Waals surface area contributed by atoms with E-state index in [-0.39, 0.29) is 6.61 Å². The lowest BCUT2D eigenvalue weighted by atomic mass is 10.2. The zero-order chi connectivity index (χ0) is 13.8. The summed E-state index contributed by atoms with van der Waals surface area (Å²) in [5.74, 6) is 0.631. The zero-order valence-electron chi connectivity index (χ0n) is 10.7. The van der Waals surface area contributed by atoms with Crippen LogP contribution >= 0.6 is 0 Å². The maximum Gasteiger partial charge on any atom is 0.447 e. The number of nitrogens with zero attached hydrogens (tertiary/aromatic N) is 1. The second-order valence-electron chi connectivity index (χ2n) is 4.31. The lowest BCUT2D eigenvalue weighted by molar-refractivity contribution is -0.0145. The average Bonchev–Trinajstić information content (AvgIpc) is 2.53. The number of hydrogen-bond acceptors (Lipinski definition) is 3. The molecule has 0 atom stereocenters. The number of rotatable bonds is 2. The molecular formula is C16H13NO3. The molecule has 1 amide bonds. The number of hydrogen-bond donors (Lipinski definition) is 0. The third kappa shape index (κ3) is 2.64. The summed E-state index contributed by atoms with van der Waals surface area (Å²) in [5, 5.41) is 1.09. The van der Waals surface area contributed by atoms with Gasteiger partial charge in [0, 0.05) is 5.56 Å². The van der Waals surface area contributed by atoms with Gasteiger partial charge >= 0.3 is 6.09 Å². The molecule has 0 radical (unpaired) electrons. The van der Waals surface area contributed by atoms with Gasteiger partial charge in [0.2, 0.25) is 0 Å². The van der Waals surface area contributed by atoms with Crippen molar-refractivity contribution in [2.75, 3.05) is 0 Å². The lowest BCUT2D eigenvalue weighted by Gasteiger charge is -2.22. The molecule has 3 rings (SSSR count). The molecule has 0 unspecified atom stereocenters. The smallest absolute Gasteiger partial charge is 0.442 e. The molecule has 2 aromatic rings. The first-order chi connectivity index (χ1) is 9.83. The second-order valence-corrected chi connectivity index (χ2v) is 4.31. The molecule has 0 aromatic heterocycles. The van der Waals surface area contributed by atoms with E-state index in [1.165, 1.54) is 0 Å². The number of para-hydroxylation sites is 1. The highest BCUT2D eigenvalue weighted by Gasteiger charge is 2.19. The minimum absolute atomic E-state index is 0.217. The van der Waals surface area contributed by atoms with Gasteiger partial charge in [0.1, 0.15) is 6.61 Å². The summed E-state index contributed by atoms with van der Waals surface area (Å²) in [5.41, 5.74) is 1.86. The first-order valence-corrected chi connectivity index (χ1v) is 6.28. The van der Waals surface area contributed by atoms with Gasteiger partial charge in [-0.25, -0.2) is 4.79 Å². The molecule has 100 valence electrons. The summed E-state index contributed by atoms with van der Waals surface area (Å²) in [7, 11) is 0. The summed E-state index contributed by atoms with van der Waals surface area (Å²) in [6.45, 7) is 0.217.